The Balaban J connectivity index is 0.843. The lowest BCUT2D eigenvalue weighted by atomic mass is 9.89. The molecule has 3 aliphatic heterocycles. The van der Waals surface area contributed by atoms with Crippen LogP contribution in [0.15, 0.2) is 109 Å². The van der Waals surface area contributed by atoms with Crippen molar-refractivity contribution in [3.63, 3.8) is 0 Å². The summed E-state index contributed by atoms with van der Waals surface area (Å²) >= 11 is 1.32. The van der Waals surface area contributed by atoms with Crippen molar-refractivity contribution in [1.82, 2.24) is 34.1 Å². The van der Waals surface area contributed by atoms with Crippen molar-refractivity contribution in [2.45, 2.75) is 50.4 Å². The van der Waals surface area contributed by atoms with E-state index in [-0.39, 0.29) is 18.2 Å². The molecule has 2 aromatic carbocycles. The van der Waals surface area contributed by atoms with Crippen LogP contribution in [0.4, 0.5) is 19.6 Å². The second-order valence-corrected chi connectivity index (χ2v) is 15.9. The second kappa shape index (κ2) is 15.6. The number of alkyl halides is 1. The van der Waals surface area contributed by atoms with E-state index in [2.05, 4.69) is 29.7 Å². The Hall–Kier alpha value is -5.89. The molecule has 0 radical (unpaired) electrons. The number of fused-ring (bicyclic) bond motifs is 2. The predicted octanol–water partition coefficient (Wildman–Crippen LogP) is 7.08. The third-order valence-corrected chi connectivity index (χ3v) is 12.2. The first kappa shape index (κ1) is 36.7. The van der Waals surface area contributed by atoms with Crippen molar-refractivity contribution in [3.05, 3.63) is 126 Å². The number of aromatic nitrogens is 5. The van der Waals surface area contributed by atoms with Gasteiger partial charge in [-0.05, 0) is 73.2 Å². The highest BCUT2D eigenvalue weighted by Gasteiger charge is 2.39. The number of hydrogen-bond acceptors (Lipinski definition) is 8. The first-order chi connectivity index (χ1) is 27.8. The first-order valence-electron chi connectivity index (χ1n) is 19.5. The number of nitrogens with zero attached hydrogens (tertiary/aromatic N) is 8. The molecule has 11 nitrogen and oxygen atoms in total. The maximum Gasteiger partial charge on any atom is 0.257 e. The highest BCUT2D eigenvalue weighted by molar-refractivity contribution is 7.13. The van der Waals surface area contributed by atoms with Crippen LogP contribution in [0.5, 0.6) is 0 Å². The average Bonchev–Trinajstić information content (AvgIpc) is 4.03. The number of aryl methyl sites for hydroxylation is 1. The van der Waals surface area contributed by atoms with E-state index < -0.39 is 17.5 Å². The van der Waals surface area contributed by atoms with E-state index in [0.29, 0.717) is 79.4 Å². The number of piperidine rings is 1. The Morgan fingerprint density at radius 3 is 2.47 bits per heavy atom. The molecule has 1 N–H and O–H groups in total. The number of piperazine rings is 1. The summed E-state index contributed by atoms with van der Waals surface area (Å²) in [7, 11) is 0. The van der Waals surface area contributed by atoms with E-state index in [9.17, 15) is 9.59 Å². The van der Waals surface area contributed by atoms with Crippen LogP contribution < -0.4 is 10.2 Å². The van der Waals surface area contributed by atoms with Crippen LogP contribution in [0.25, 0.3) is 22.0 Å². The number of amides is 2. The third-order valence-electron chi connectivity index (χ3n) is 11.5. The van der Waals surface area contributed by atoms with E-state index in [1.54, 1.807) is 29.0 Å². The summed E-state index contributed by atoms with van der Waals surface area (Å²) in [5.74, 6) is -0.908. The smallest absolute Gasteiger partial charge is 0.257 e. The Morgan fingerprint density at radius 1 is 0.895 bits per heavy atom. The van der Waals surface area contributed by atoms with E-state index >= 15 is 8.78 Å². The summed E-state index contributed by atoms with van der Waals surface area (Å²) in [6.45, 7) is 4.31. The van der Waals surface area contributed by atoms with Crippen molar-refractivity contribution >= 4 is 44.9 Å². The summed E-state index contributed by atoms with van der Waals surface area (Å²) in [4.78, 5) is 42.1. The van der Waals surface area contributed by atoms with Gasteiger partial charge in [0, 0.05) is 80.7 Å². The van der Waals surface area contributed by atoms with Crippen molar-refractivity contribution in [3.8, 4) is 11.1 Å². The molecule has 0 bridgehead atoms. The molecular formula is C43H43F2N9O2S. The van der Waals surface area contributed by atoms with E-state index in [0.717, 1.165) is 42.0 Å². The van der Waals surface area contributed by atoms with Gasteiger partial charge in [0.05, 0.1) is 29.3 Å². The van der Waals surface area contributed by atoms with Crippen molar-refractivity contribution in [2.75, 3.05) is 49.5 Å². The van der Waals surface area contributed by atoms with Gasteiger partial charge in [0.1, 0.15) is 11.5 Å². The molecule has 57 heavy (non-hydrogen) atoms. The van der Waals surface area contributed by atoms with Gasteiger partial charge in [0.15, 0.2) is 11.2 Å². The number of thiazole rings is 1. The maximum absolute atomic E-state index is 15.9. The summed E-state index contributed by atoms with van der Waals surface area (Å²) in [6.07, 6.45) is 21.3. The Kier molecular flexibility index (Phi) is 10.0. The van der Waals surface area contributed by atoms with Gasteiger partial charge < -0.3 is 19.3 Å². The lowest BCUT2D eigenvalue weighted by Crippen LogP contribution is -2.51. The molecular weight excluding hydrogens is 745 g/mol. The van der Waals surface area contributed by atoms with Crippen molar-refractivity contribution < 1.29 is 18.4 Å². The second-order valence-electron chi connectivity index (χ2n) is 15.1. The minimum absolute atomic E-state index is 0.0852. The molecule has 0 spiro atoms. The van der Waals surface area contributed by atoms with Crippen molar-refractivity contribution in [1.29, 1.82) is 0 Å². The highest BCUT2D eigenvalue weighted by Crippen LogP contribution is 2.34. The number of imidazole rings is 1. The molecule has 292 valence electrons. The minimum Gasteiger partial charge on any atom is -0.371 e. The number of likely N-dealkylation sites (tertiary alicyclic amines) is 1. The fourth-order valence-corrected chi connectivity index (χ4v) is 8.86. The quantitative estimate of drug-likeness (QED) is 0.170. The van der Waals surface area contributed by atoms with E-state index in [1.165, 1.54) is 22.1 Å². The molecule has 2 saturated heterocycles. The van der Waals surface area contributed by atoms with Crippen LogP contribution in [-0.2, 0) is 22.6 Å². The van der Waals surface area contributed by atoms with E-state index in [1.807, 2.05) is 72.9 Å². The van der Waals surface area contributed by atoms with Gasteiger partial charge in [-0.2, -0.15) is 5.10 Å². The van der Waals surface area contributed by atoms with Crippen molar-refractivity contribution in [2.24, 2.45) is 0 Å². The molecule has 0 saturated carbocycles. The Bertz CT molecular complexity index is 2400. The fourth-order valence-electron chi connectivity index (χ4n) is 8.33. The van der Waals surface area contributed by atoms with Gasteiger partial charge in [-0.25, -0.2) is 18.7 Å². The largest absolute Gasteiger partial charge is 0.371 e. The molecule has 1 atom stereocenters. The topological polar surface area (TPSA) is 104 Å². The zero-order valence-electron chi connectivity index (χ0n) is 31.4. The number of anilines is 2. The summed E-state index contributed by atoms with van der Waals surface area (Å²) in [5.41, 5.74) is 4.05. The summed E-state index contributed by atoms with van der Waals surface area (Å²) in [6, 6.07) is 10.3. The molecule has 4 aliphatic rings. The standard InChI is InChI=1S/C43H43F2N9O2S/c44-35-25-31(26-36-34(35)28-54(49-36)40(41(56)48-42-46-16-24-57-42)39-37-9-6-17-53(37)29-47-39)30-10-12-33(13-11-30)51-20-22-52(23-21-51)38(55)27-43(45)14-18-50(19-15-43)32-7-4-2-1-3-5-8-32/h1-5,7-8,10-13,16,24-26,28-29,40H,6,9,14-15,17-23,27H2,(H,46,48,56)/b2-1-,3-1?,4-2?,5-3-,7-4-,8-5?,32-7?,32-8+. The molecule has 14 heteroatoms. The van der Waals surface area contributed by atoms with Gasteiger partial charge in [0.25, 0.3) is 5.91 Å². The van der Waals surface area contributed by atoms with Crippen LogP contribution in [0, 0.1) is 5.82 Å². The molecule has 2 fully saturated rings. The third kappa shape index (κ3) is 7.65. The lowest BCUT2D eigenvalue weighted by Gasteiger charge is -2.40. The average molecular weight is 788 g/mol. The lowest BCUT2D eigenvalue weighted by molar-refractivity contribution is -0.135. The molecule has 9 rings (SSSR count). The zero-order valence-corrected chi connectivity index (χ0v) is 32.3. The van der Waals surface area contributed by atoms with Gasteiger partial charge >= 0.3 is 0 Å². The molecule has 2 amide bonds. The van der Waals surface area contributed by atoms with Gasteiger partial charge in [-0.1, -0.05) is 42.5 Å². The van der Waals surface area contributed by atoms with Crippen LogP contribution in [0.1, 0.15) is 43.1 Å². The first-order valence-corrected chi connectivity index (χ1v) is 20.4. The van der Waals surface area contributed by atoms with E-state index in [4.69, 9.17) is 5.10 Å². The zero-order chi connectivity index (χ0) is 38.9. The fraction of sp³-hybridized carbons (Fsp3) is 0.326. The number of benzene rings is 2. The molecule has 6 heterocycles. The van der Waals surface area contributed by atoms with Crippen LogP contribution in [0.2, 0.25) is 0 Å². The predicted molar refractivity (Wildman–Crippen MR) is 218 cm³/mol. The number of nitrogens with one attached hydrogen (secondary N) is 1. The number of rotatable bonds is 9. The van der Waals surface area contributed by atoms with Crippen LogP contribution in [-0.4, -0.2) is 90.9 Å². The number of hydrogen-bond donors (Lipinski definition) is 1. The van der Waals surface area contributed by atoms with Crippen LogP contribution in [0.3, 0.4) is 0 Å². The number of halogens is 2. The van der Waals surface area contributed by atoms with Gasteiger partial charge in [-0.15, -0.1) is 11.3 Å². The summed E-state index contributed by atoms with van der Waals surface area (Å²) in [5, 5.41) is 10.2. The normalized spacial score (nSPS) is 20.9. The number of carbonyl (C=O) groups excluding carboxylic acids is 2. The Labute approximate surface area is 333 Å². The monoisotopic (exact) mass is 787 g/mol. The van der Waals surface area contributed by atoms with Crippen LogP contribution >= 0.6 is 11.3 Å². The molecule has 5 aromatic rings. The summed E-state index contributed by atoms with van der Waals surface area (Å²) < 4.78 is 35.3. The molecule has 1 aliphatic carbocycles. The van der Waals surface area contributed by atoms with Gasteiger partial charge in [0.2, 0.25) is 5.91 Å². The molecule has 3 aromatic heterocycles. The SMILES string of the molecule is O=C(Nc1nccs1)C(c1ncn2c1CCC2)n1cc2c(F)cc(-c3ccc(N4CCN(C(=O)CC5(F)CCN(C6=C/C=C\C=C/C=C\6)CC5)CC4)cc3)cc2n1. The Morgan fingerprint density at radius 2 is 1.68 bits per heavy atom. The number of carbonyl (C=O) groups is 2. The maximum atomic E-state index is 15.9. The molecule has 1 unspecified atom stereocenters. The highest BCUT2D eigenvalue weighted by atomic mass is 32.1. The number of allylic oxidation sites excluding steroid dienone is 7. The minimum atomic E-state index is -1.50. The van der Waals surface area contributed by atoms with Gasteiger partial charge in [-0.3, -0.25) is 19.6 Å².